The van der Waals surface area contributed by atoms with Crippen molar-refractivity contribution in [3.05, 3.63) is 153 Å². The minimum Gasteiger partial charge on any atom is -0.237 e. The van der Waals surface area contributed by atoms with E-state index in [-0.39, 0.29) is 89.6 Å². The molecule has 54 heavy (non-hydrogen) atoms. The van der Waals surface area contributed by atoms with Gasteiger partial charge in [0.25, 0.3) is 0 Å². The summed E-state index contributed by atoms with van der Waals surface area (Å²) < 4.78 is 0. The van der Waals surface area contributed by atoms with E-state index in [2.05, 4.69) is 44.2 Å². The van der Waals surface area contributed by atoms with Gasteiger partial charge in [-0.3, -0.25) is 0 Å². The Bertz CT molecular complexity index is 2730. The molecule has 7 rings (SSSR count). The summed E-state index contributed by atoms with van der Waals surface area (Å²) >= 11 is 0. The van der Waals surface area contributed by atoms with Gasteiger partial charge in [-0.05, 0) is 82.9 Å². The number of hydrogen-bond donors (Lipinski definition) is 0. The van der Waals surface area contributed by atoms with Gasteiger partial charge in [-0.2, -0.15) is 42.1 Å². The van der Waals surface area contributed by atoms with Gasteiger partial charge in [-0.1, -0.05) is 0 Å². The van der Waals surface area contributed by atoms with Gasteiger partial charge in [0, 0.05) is 58.2 Å². The molecule has 2 aromatic heterocycles. The summed E-state index contributed by atoms with van der Waals surface area (Å²) in [5, 5.41) is 82.1. The summed E-state index contributed by atoms with van der Waals surface area (Å²) in [5.41, 5.74) is 3.38. The Balaban J connectivity index is 1.66. The highest BCUT2D eigenvalue weighted by Gasteiger charge is 2.38. The van der Waals surface area contributed by atoms with Gasteiger partial charge < -0.3 is 0 Å². The third-order valence-corrected chi connectivity index (χ3v) is 8.72. The van der Waals surface area contributed by atoms with Crippen molar-refractivity contribution in [1.82, 2.24) is 19.9 Å². The lowest BCUT2D eigenvalue weighted by Gasteiger charge is -2.14. The van der Waals surface area contributed by atoms with Crippen LogP contribution in [-0.4, -0.2) is 19.9 Å². The fourth-order valence-electron chi connectivity index (χ4n) is 6.60. The highest BCUT2D eigenvalue weighted by atomic mass is 14.9. The highest BCUT2D eigenvalue weighted by Crippen LogP contribution is 2.55. The molecule has 2 aliphatic rings. The Morgan fingerprint density at radius 3 is 1.00 bits per heavy atom. The van der Waals surface area contributed by atoms with E-state index in [1.165, 1.54) is 61.2 Å². The highest BCUT2D eigenvalue weighted by molar-refractivity contribution is 6.33. The van der Waals surface area contributed by atoms with Gasteiger partial charge >= 0.3 is 0 Å². The van der Waals surface area contributed by atoms with E-state index >= 15 is 0 Å². The topological polar surface area (TPSA) is 242 Å². The molecular formula is C42H14N12. The average Bonchev–Trinajstić information content (AvgIpc) is 3.72. The fourth-order valence-corrected chi connectivity index (χ4v) is 6.60. The van der Waals surface area contributed by atoms with Crippen molar-refractivity contribution in [2.75, 3.05) is 0 Å². The number of fused-ring (bicyclic) bond motifs is 2. The third kappa shape index (κ3) is 5.27. The second-order valence-corrected chi connectivity index (χ2v) is 11.6. The van der Waals surface area contributed by atoms with Gasteiger partial charge in [0.05, 0.1) is 68.8 Å². The zero-order valence-corrected chi connectivity index (χ0v) is 27.4. The van der Waals surface area contributed by atoms with Gasteiger partial charge in [0.2, 0.25) is 0 Å². The number of nitriles is 8. The predicted octanol–water partition coefficient (Wildman–Crippen LogP) is 6.52. The molecule has 2 aliphatic carbocycles. The largest absolute Gasteiger partial charge is 0.237 e. The summed E-state index contributed by atoms with van der Waals surface area (Å²) in [5.74, 6) is 0.232. The molecule has 0 N–H and O–H groups in total. The van der Waals surface area contributed by atoms with Crippen molar-refractivity contribution in [3.63, 3.8) is 0 Å². The Morgan fingerprint density at radius 1 is 0.389 bits per heavy atom. The maximum absolute atomic E-state index is 10.8. The van der Waals surface area contributed by atoms with Crippen LogP contribution in [0.25, 0.3) is 44.6 Å². The van der Waals surface area contributed by atoms with Gasteiger partial charge in [0.1, 0.15) is 24.3 Å². The van der Waals surface area contributed by atoms with Gasteiger partial charge in [-0.25, -0.2) is 19.9 Å². The summed E-state index contributed by atoms with van der Waals surface area (Å²) in [7, 11) is 0. The van der Waals surface area contributed by atoms with E-state index in [0.717, 1.165) is 0 Å². The van der Waals surface area contributed by atoms with Gasteiger partial charge in [-0.15, -0.1) is 0 Å². The summed E-state index contributed by atoms with van der Waals surface area (Å²) in [6.07, 6.45) is 5.92. The molecule has 0 saturated carbocycles. The quantitative estimate of drug-likeness (QED) is 0.183. The third-order valence-electron chi connectivity index (χ3n) is 8.72. The fraction of sp³-hybridized carbons (Fsp3) is 0. The monoisotopic (exact) mass is 686 g/mol. The molecule has 0 amide bonds. The molecule has 2 heterocycles. The van der Waals surface area contributed by atoms with Crippen LogP contribution in [-0.2, 0) is 0 Å². The summed E-state index contributed by atoms with van der Waals surface area (Å²) in [6.45, 7) is 0. The molecule has 0 unspecified atom stereocenters. The smallest absolute Gasteiger partial charge is 0.161 e. The van der Waals surface area contributed by atoms with Crippen molar-refractivity contribution in [1.29, 1.82) is 42.1 Å². The van der Waals surface area contributed by atoms with E-state index in [1.54, 1.807) is 24.3 Å². The zero-order chi connectivity index (χ0) is 37.9. The molecule has 5 aromatic rings. The molecule has 0 bridgehead atoms. The average molecular weight is 687 g/mol. The van der Waals surface area contributed by atoms with Crippen molar-refractivity contribution in [3.8, 4) is 48.6 Å². The van der Waals surface area contributed by atoms with Crippen LogP contribution in [0.4, 0.5) is 0 Å². The molecule has 0 aliphatic heterocycles. The molecule has 0 saturated heterocycles. The minimum atomic E-state index is 0.00966. The summed E-state index contributed by atoms with van der Waals surface area (Å²) in [6, 6.07) is 32.1. The normalized spacial score (nSPS) is 14.1. The Kier molecular flexibility index (Phi) is 8.33. The van der Waals surface area contributed by atoms with E-state index in [4.69, 9.17) is 0 Å². The second-order valence-electron chi connectivity index (χ2n) is 11.6. The number of allylic oxidation sites excluding steroid dienone is 8. The lowest BCUT2D eigenvalue weighted by atomic mass is 9.88. The Hall–Kier alpha value is -9.30. The van der Waals surface area contributed by atoms with Crippen LogP contribution < -0.4 is 0 Å². The van der Waals surface area contributed by atoms with E-state index < -0.39 is 0 Å². The molecule has 0 fully saturated rings. The van der Waals surface area contributed by atoms with Gasteiger partial charge in [0.15, 0.2) is 11.6 Å². The standard InChI is InChI=1S/C42H14N12/c43-15-23-7-24(16-44)10-27(9-23)33(19-47)37-31-14-30-32(13-29(31)35(21-49)39(37)41-51-3-1-4-52-41)38(40(36(30)22-50)42-53-5-2-6-54-42)34(20-48)28-11-25(17-45)8-26(12-28)18-46/h1-14H/b37-33-,38-34-. The van der Waals surface area contributed by atoms with Crippen LogP contribution in [0.1, 0.15) is 67.3 Å². The van der Waals surface area contributed by atoms with Crippen LogP contribution >= 0.6 is 0 Å². The molecule has 12 nitrogen and oxygen atoms in total. The first kappa shape index (κ1) is 33.2. The maximum atomic E-state index is 10.8. The molecule has 242 valence electrons. The number of nitrogens with zero attached hydrogens (tertiary/aromatic N) is 12. The van der Waals surface area contributed by atoms with Crippen molar-refractivity contribution in [2.45, 2.75) is 0 Å². The first-order chi connectivity index (χ1) is 26.4. The second kappa shape index (κ2) is 13.5. The molecule has 0 radical (unpaired) electrons. The minimum absolute atomic E-state index is 0.00966. The zero-order valence-electron chi connectivity index (χ0n) is 27.4. The first-order valence-corrected chi connectivity index (χ1v) is 15.7. The van der Waals surface area contributed by atoms with Crippen LogP contribution in [0, 0.1) is 90.6 Å². The summed E-state index contributed by atoms with van der Waals surface area (Å²) in [4.78, 5) is 17.6. The molecule has 3 aromatic carbocycles. The number of rotatable bonds is 4. The lowest BCUT2D eigenvalue weighted by Crippen LogP contribution is -1.99. The molecule has 0 atom stereocenters. The van der Waals surface area contributed by atoms with Crippen LogP contribution in [0.5, 0.6) is 0 Å². The SMILES string of the molecule is N#CC1=C(c2ncccn2)/C(=C(/C#N)c2cc(C#N)cc(C#N)c2)c2cc3c(cc21)/C(=C(\C#N)c1cc(C#N)cc(C#N)c1)C(c1ncccn1)=C3C#N. The number of aromatic nitrogens is 4. The predicted molar refractivity (Wildman–Crippen MR) is 192 cm³/mol. The Morgan fingerprint density at radius 2 is 0.722 bits per heavy atom. The first-order valence-electron chi connectivity index (χ1n) is 15.7. The van der Waals surface area contributed by atoms with Crippen LogP contribution in [0.3, 0.4) is 0 Å². The molecule has 12 heteroatoms. The Labute approximate surface area is 307 Å². The van der Waals surface area contributed by atoms with Crippen molar-refractivity contribution < 1.29 is 0 Å². The molecule has 0 spiro atoms. The van der Waals surface area contributed by atoms with Crippen molar-refractivity contribution in [2.24, 2.45) is 0 Å². The van der Waals surface area contributed by atoms with Crippen LogP contribution in [0.2, 0.25) is 0 Å². The van der Waals surface area contributed by atoms with Crippen LogP contribution in [0.15, 0.2) is 85.5 Å². The maximum Gasteiger partial charge on any atom is 0.161 e. The molecular weight excluding hydrogens is 673 g/mol. The van der Waals surface area contributed by atoms with E-state index in [0.29, 0.717) is 22.3 Å². The number of hydrogen-bond acceptors (Lipinski definition) is 12. The van der Waals surface area contributed by atoms with Crippen molar-refractivity contribution >= 4 is 44.6 Å². The van der Waals surface area contributed by atoms with E-state index in [1.807, 2.05) is 24.3 Å². The van der Waals surface area contributed by atoms with E-state index in [9.17, 15) is 42.1 Å². The lowest BCUT2D eigenvalue weighted by molar-refractivity contribution is 1.13. The number of benzene rings is 3.